The number of nitrogens with zero attached hydrogens (tertiary/aromatic N) is 1. The van der Waals surface area contributed by atoms with E-state index in [-0.39, 0.29) is 5.56 Å². The van der Waals surface area contributed by atoms with Crippen molar-refractivity contribution in [2.24, 2.45) is 5.84 Å². The quantitative estimate of drug-likeness (QED) is 0.647. The summed E-state index contributed by atoms with van der Waals surface area (Å²) in [4.78, 5) is 4.11. The molecule has 0 saturated heterocycles. The standard InChI is InChI=1S/C13H13F2N3/c1-8-10(3-2-6-17-8)13(18-16)11-7-9(14)4-5-12(11)15/h2-7,13,18H,16H2,1H3. The number of rotatable bonds is 3. The molecule has 5 heteroatoms. The molecule has 1 atom stereocenters. The molecule has 0 saturated carbocycles. The average Bonchev–Trinajstić information content (AvgIpc) is 2.36. The number of aryl methyl sites for hydroxylation is 1. The smallest absolute Gasteiger partial charge is 0.128 e. The van der Waals surface area contributed by atoms with Crippen LogP contribution in [-0.4, -0.2) is 4.98 Å². The molecular weight excluding hydrogens is 236 g/mol. The highest BCUT2D eigenvalue weighted by Crippen LogP contribution is 2.25. The second kappa shape index (κ2) is 5.20. The number of hydrogen-bond acceptors (Lipinski definition) is 3. The Hall–Kier alpha value is -1.85. The zero-order valence-electron chi connectivity index (χ0n) is 9.82. The Morgan fingerprint density at radius 3 is 2.67 bits per heavy atom. The van der Waals surface area contributed by atoms with E-state index in [9.17, 15) is 8.78 Å². The second-order valence-corrected chi connectivity index (χ2v) is 3.94. The SMILES string of the molecule is Cc1ncccc1C(NN)c1cc(F)ccc1F. The maximum atomic E-state index is 13.7. The van der Waals surface area contributed by atoms with E-state index in [2.05, 4.69) is 10.4 Å². The van der Waals surface area contributed by atoms with Crippen LogP contribution >= 0.6 is 0 Å². The van der Waals surface area contributed by atoms with Gasteiger partial charge < -0.3 is 0 Å². The molecule has 0 radical (unpaired) electrons. The summed E-state index contributed by atoms with van der Waals surface area (Å²) < 4.78 is 27.0. The summed E-state index contributed by atoms with van der Waals surface area (Å²) in [6.45, 7) is 1.79. The molecule has 1 aromatic heterocycles. The highest BCUT2D eigenvalue weighted by Gasteiger charge is 2.19. The van der Waals surface area contributed by atoms with Crippen LogP contribution in [0.4, 0.5) is 8.78 Å². The van der Waals surface area contributed by atoms with Crippen molar-refractivity contribution < 1.29 is 8.78 Å². The van der Waals surface area contributed by atoms with Gasteiger partial charge in [-0.3, -0.25) is 10.8 Å². The largest absolute Gasteiger partial charge is 0.271 e. The van der Waals surface area contributed by atoms with Gasteiger partial charge in [0, 0.05) is 17.5 Å². The molecule has 0 aliphatic rings. The molecule has 3 N–H and O–H groups in total. The van der Waals surface area contributed by atoms with Gasteiger partial charge in [-0.05, 0) is 36.8 Å². The van der Waals surface area contributed by atoms with Crippen LogP contribution < -0.4 is 11.3 Å². The van der Waals surface area contributed by atoms with Gasteiger partial charge in [0.25, 0.3) is 0 Å². The van der Waals surface area contributed by atoms with Crippen molar-refractivity contribution in [2.45, 2.75) is 13.0 Å². The van der Waals surface area contributed by atoms with Crippen LogP contribution in [0, 0.1) is 18.6 Å². The molecule has 0 amide bonds. The van der Waals surface area contributed by atoms with E-state index in [0.717, 1.165) is 18.2 Å². The maximum Gasteiger partial charge on any atom is 0.128 e. The van der Waals surface area contributed by atoms with Gasteiger partial charge in [0.1, 0.15) is 11.6 Å². The average molecular weight is 249 g/mol. The zero-order chi connectivity index (χ0) is 13.1. The summed E-state index contributed by atoms with van der Waals surface area (Å²) >= 11 is 0. The van der Waals surface area contributed by atoms with Crippen LogP contribution in [0.3, 0.4) is 0 Å². The minimum absolute atomic E-state index is 0.161. The number of nitrogens with one attached hydrogen (secondary N) is 1. The molecule has 0 spiro atoms. The van der Waals surface area contributed by atoms with E-state index in [4.69, 9.17) is 5.84 Å². The first-order valence-corrected chi connectivity index (χ1v) is 5.46. The fraction of sp³-hybridized carbons (Fsp3) is 0.154. The lowest BCUT2D eigenvalue weighted by Crippen LogP contribution is -2.30. The van der Waals surface area contributed by atoms with Gasteiger partial charge in [-0.15, -0.1) is 0 Å². The molecule has 1 unspecified atom stereocenters. The molecule has 3 nitrogen and oxygen atoms in total. The lowest BCUT2D eigenvalue weighted by molar-refractivity contribution is 0.543. The van der Waals surface area contributed by atoms with Crippen LogP contribution in [0.1, 0.15) is 22.9 Å². The third-order valence-electron chi connectivity index (χ3n) is 2.79. The van der Waals surface area contributed by atoms with Crippen molar-refractivity contribution in [3.63, 3.8) is 0 Å². The fourth-order valence-electron chi connectivity index (χ4n) is 1.88. The molecule has 0 bridgehead atoms. The van der Waals surface area contributed by atoms with Crippen molar-refractivity contribution in [1.29, 1.82) is 0 Å². The van der Waals surface area contributed by atoms with Crippen LogP contribution in [0.5, 0.6) is 0 Å². The highest BCUT2D eigenvalue weighted by atomic mass is 19.1. The molecule has 1 heterocycles. The van der Waals surface area contributed by atoms with E-state index < -0.39 is 17.7 Å². The summed E-state index contributed by atoms with van der Waals surface area (Å²) in [5.41, 5.74) is 4.08. The Labute approximate surface area is 104 Å². The first-order chi connectivity index (χ1) is 8.63. The topological polar surface area (TPSA) is 50.9 Å². The van der Waals surface area contributed by atoms with E-state index in [1.807, 2.05) is 0 Å². The van der Waals surface area contributed by atoms with Crippen molar-refractivity contribution in [1.82, 2.24) is 10.4 Å². The number of benzene rings is 1. The van der Waals surface area contributed by atoms with E-state index in [0.29, 0.717) is 11.3 Å². The minimum Gasteiger partial charge on any atom is -0.271 e. The summed E-state index contributed by atoms with van der Waals surface area (Å²) in [5, 5.41) is 0. The Balaban J connectivity index is 2.52. The Bertz CT molecular complexity index is 558. The van der Waals surface area contributed by atoms with Gasteiger partial charge in [0.2, 0.25) is 0 Å². The van der Waals surface area contributed by atoms with E-state index >= 15 is 0 Å². The second-order valence-electron chi connectivity index (χ2n) is 3.94. The lowest BCUT2D eigenvalue weighted by atomic mass is 9.97. The van der Waals surface area contributed by atoms with Gasteiger partial charge in [0.15, 0.2) is 0 Å². The third-order valence-corrected chi connectivity index (χ3v) is 2.79. The number of pyridine rings is 1. The van der Waals surface area contributed by atoms with E-state index in [1.165, 1.54) is 0 Å². The number of hydrazine groups is 1. The highest BCUT2D eigenvalue weighted by molar-refractivity contribution is 5.34. The third kappa shape index (κ3) is 2.37. The number of aromatic nitrogens is 1. The van der Waals surface area contributed by atoms with Gasteiger partial charge in [-0.1, -0.05) is 6.07 Å². The molecule has 0 fully saturated rings. The summed E-state index contributed by atoms with van der Waals surface area (Å²) in [7, 11) is 0. The summed E-state index contributed by atoms with van der Waals surface area (Å²) in [5.74, 6) is 4.44. The molecule has 18 heavy (non-hydrogen) atoms. The molecule has 0 aliphatic heterocycles. The first-order valence-electron chi connectivity index (χ1n) is 5.46. The minimum atomic E-state index is -0.630. The molecule has 0 aliphatic carbocycles. The molecular formula is C13H13F2N3. The van der Waals surface area contributed by atoms with Gasteiger partial charge in [-0.25, -0.2) is 14.2 Å². The normalized spacial score (nSPS) is 12.4. The molecule has 94 valence electrons. The molecule has 2 rings (SSSR count). The Morgan fingerprint density at radius 1 is 1.22 bits per heavy atom. The van der Waals surface area contributed by atoms with Crippen LogP contribution in [0.25, 0.3) is 0 Å². The summed E-state index contributed by atoms with van der Waals surface area (Å²) in [6, 6.07) is 6.16. The zero-order valence-corrected chi connectivity index (χ0v) is 9.82. The van der Waals surface area contributed by atoms with Crippen molar-refractivity contribution >= 4 is 0 Å². The Kier molecular flexibility index (Phi) is 3.64. The predicted molar refractivity (Wildman–Crippen MR) is 64.5 cm³/mol. The number of nitrogens with two attached hydrogens (primary N) is 1. The van der Waals surface area contributed by atoms with Gasteiger partial charge >= 0.3 is 0 Å². The number of hydrogen-bond donors (Lipinski definition) is 2. The predicted octanol–water partition coefficient (Wildman–Crippen LogP) is 2.22. The molecule has 2 aromatic rings. The molecule has 1 aromatic carbocycles. The Morgan fingerprint density at radius 2 is 2.00 bits per heavy atom. The fourth-order valence-corrected chi connectivity index (χ4v) is 1.88. The lowest BCUT2D eigenvalue weighted by Gasteiger charge is -2.19. The van der Waals surface area contributed by atoms with Crippen LogP contribution in [0.2, 0.25) is 0 Å². The summed E-state index contributed by atoms with van der Waals surface area (Å²) in [6.07, 6.45) is 1.63. The van der Waals surface area contributed by atoms with Crippen molar-refractivity contribution in [3.05, 3.63) is 65.0 Å². The van der Waals surface area contributed by atoms with Gasteiger partial charge in [-0.2, -0.15) is 0 Å². The van der Waals surface area contributed by atoms with E-state index in [1.54, 1.807) is 25.3 Å². The first kappa shape index (κ1) is 12.6. The monoisotopic (exact) mass is 249 g/mol. The van der Waals surface area contributed by atoms with Crippen LogP contribution in [0.15, 0.2) is 36.5 Å². The van der Waals surface area contributed by atoms with Crippen molar-refractivity contribution in [2.75, 3.05) is 0 Å². The van der Waals surface area contributed by atoms with Gasteiger partial charge in [0.05, 0.1) is 6.04 Å². The number of halogens is 2. The van der Waals surface area contributed by atoms with Crippen LogP contribution in [-0.2, 0) is 0 Å². The van der Waals surface area contributed by atoms with Crippen molar-refractivity contribution in [3.8, 4) is 0 Å². The maximum absolute atomic E-state index is 13.7.